The van der Waals surface area contributed by atoms with E-state index in [1.165, 1.54) is 11.1 Å². The molecule has 5 nitrogen and oxygen atoms in total. The van der Waals surface area contributed by atoms with Crippen LogP contribution in [-0.4, -0.2) is 35.5 Å². The van der Waals surface area contributed by atoms with E-state index in [9.17, 15) is 0 Å². The van der Waals surface area contributed by atoms with Crippen LogP contribution in [0.25, 0.3) is 11.1 Å². The molecule has 1 aliphatic rings. The van der Waals surface area contributed by atoms with Crippen molar-refractivity contribution in [3.05, 3.63) is 29.3 Å². The molecule has 5 heteroatoms. The SMILES string of the molecule is COc1cc2c(cc1OC)-c1c(cc(OC)c(OC)c1OC)CCCC2. The fraction of sp³-hybridized carbons (Fsp3) is 0.429. The van der Waals surface area contributed by atoms with Gasteiger partial charge in [-0.25, -0.2) is 0 Å². The summed E-state index contributed by atoms with van der Waals surface area (Å²) < 4.78 is 28.0. The number of hydrogen-bond acceptors (Lipinski definition) is 5. The molecule has 0 radical (unpaired) electrons. The van der Waals surface area contributed by atoms with Gasteiger partial charge in [-0.15, -0.1) is 0 Å². The first kappa shape index (κ1) is 18.2. The van der Waals surface area contributed by atoms with Gasteiger partial charge in [0.2, 0.25) is 5.75 Å². The standard InChI is InChI=1S/C21H26O5/c1-22-16-10-13-8-6-7-9-14-11-18(24-3)20(25-4)21(26-5)19(14)15(13)12-17(16)23-2/h10-12H,6-9H2,1-5H3. The Morgan fingerprint density at radius 2 is 1.12 bits per heavy atom. The second-order valence-corrected chi connectivity index (χ2v) is 6.25. The quantitative estimate of drug-likeness (QED) is 0.798. The second-order valence-electron chi connectivity index (χ2n) is 6.25. The van der Waals surface area contributed by atoms with E-state index in [2.05, 4.69) is 12.1 Å². The van der Waals surface area contributed by atoms with Crippen LogP contribution in [0.4, 0.5) is 0 Å². The number of ether oxygens (including phenoxy) is 5. The number of methoxy groups -OCH3 is 5. The molecule has 0 unspecified atom stereocenters. The Balaban J connectivity index is 2.36. The number of aryl methyl sites for hydroxylation is 2. The zero-order valence-corrected chi connectivity index (χ0v) is 16.1. The van der Waals surface area contributed by atoms with Gasteiger partial charge >= 0.3 is 0 Å². The summed E-state index contributed by atoms with van der Waals surface area (Å²) in [4.78, 5) is 0. The Morgan fingerprint density at radius 3 is 1.69 bits per heavy atom. The molecule has 2 aromatic carbocycles. The molecule has 0 heterocycles. The van der Waals surface area contributed by atoms with Crippen molar-refractivity contribution in [1.82, 2.24) is 0 Å². The van der Waals surface area contributed by atoms with Crippen LogP contribution in [0.2, 0.25) is 0 Å². The first-order chi connectivity index (χ1) is 12.7. The van der Waals surface area contributed by atoms with Gasteiger partial charge in [0.15, 0.2) is 23.0 Å². The van der Waals surface area contributed by atoms with E-state index in [-0.39, 0.29) is 0 Å². The van der Waals surface area contributed by atoms with Gasteiger partial charge in [-0.1, -0.05) is 0 Å². The third-order valence-electron chi connectivity index (χ3n) is 4.93. The van der Waals surface area contributed by atoms with Crippen LogP contribution in [0.3, 0.4) is 0 Å². The maximum atomic E-state index is 5.78. The lowest BCUT2D eigenvalue weighted by molar-refractivity contribution is 0.324. The molecule has 3 rings (SSSR count). The zero-order chi connectivity index (χ0) is 18.7. The highest BCUT2D eigenvalue weighted by atomic mass is 16.5. The van der Waals surface area contributed by atoms with Crippen LogP contribution in [-0.2, 0) is 12.8 Å². The van der Waals surface area contributed by atoms with E-state index in [0.717, 1.165) is 42.6 Å². The van der Waals surface area contributed by atoms with Crippen molar-refractivity contribution >= 4 is 0 Å². The van der Waals surface area contributed by atoms with E-state index in [4.69, 9.17) is 23.7 Å². The van der Waals surface area contributed by atoms with Crippen molar-refractivity contribution in [3.8, 4) is 39.9 Å². The number of rotatable bonds is 5. The lowest BCUT2D eigenvalue weighted by atomic mass is 9.86. The van der Waals surface area contributed by atoms with Crippen molar-refractivity contribution in [3.63, 3.8) is 0 Å². The Kier molecular flexibility index (Phi) is 5.45. The van der Waals surface area contributed by atoms with Gasteiger partial charge in [-0.05, 0) is 60.6 Å². The van der Waals surface area contributed by atoms with Gasteiger partial charge < -0.3 is 23.7 Å². The monoisotopic (exact) mass is 358 g/mol. The highest BCUT2D eigenvalue weighted by Gasteiger charge is 2.25. The summed E-state index contributed by atoms with van der Waals surface area (Å²) in [6, 6.07) is 6.16. The van der Waals surface area contributed by atoms with E-state index >= 15 is 0 Å². The number of benzene rings is 2. The Hall–Kier alpha value is -2.56. The molecule has 26 heavy (non-hydrogen) atoms. The topological polar surface area (TPSA) is 46.2 Å². The molecule has 0 bridgehead atoms. The third kappa shape index (κ3) is 3.02. The largest absolute Gasteiger partial charge is 0.493 e. The van der Waals surface area contributed by atoms with Gasteiger partial charge in [-0.3, -0.25) is 0 Å². The molecule has 0 spiro atoms. The lowest BCUT2D eigenvalue weighted by Gasteiger charge is -2.24. The van der Waals surface area contributed by atoms with Crippen LogP contribution in [0.1, 0.15) is 24.0 Å². The van der Waals surface area contributed by atoms with Crippen LogP contribution < -0.4 is 23.7 Å². The number of fused-ring (bicyclic) bond motifs is 3. The molecule has 0 atom stereocenters. The molecule has 0 fully saturated rings. The second kappa shape index (κ2) is 7.77. The Morgan fingerprint density at radius 1 is 0.577 bits per heavy atom. The third-order valence-corrected chi connectivity index (χ3v) is 4.93. The van der Waals surface area contributed by atoms with Gasteiger partial charge in [0.25, 0.3) is 0 Å². The molecule has 0 aromatic heterocycles. The van der Waals surface area contributed by atoms with Crippen molar-refractivity contribution in [2.45, 2.75) is 25.7 Å². The fourth-order valence-electron chi connectivity index (χ4n) is 3.69. The minimum atomic E-state index is 0.607. The zero-order valence-electron chi connectivity index (χ0n) is 16.1. The van der Waals surface area contributed by atoms with Crippen molar-refractivity contribution < 1.29 is 23.7 Å². The number of hydrogen-bond donors (Lipinski definition) is 0. The summed E-state index contributed by atoms with van der Waals surface area (Å²) in [5, 5.41) is 0. The predicted molar refractivity (Wildman–Crippen MR) is 101 cm³/mol. The van der Waals surface area contributed by atoms with E-state index in [0.29, 0.717) is 23.0 Å². The Labute approximate surface area is 154 Å². The van der Waals surface area contributed by atoms with Gasteiger partial charge in [0, 0.05) is 5.56 Å². The molecule has 0 N–H and O–H groups in total. The van der Waals surface area contributed by atoms with Gasteiger partial charge in [-0.2, -0.15) is 0 Å². The predicted octanol–water partition coefficient (Wildman–Crippen LogP) is 4.28. The van der Waals surface area contributed by atoms with Crippen LogP contribution in [0.5, 0.6) is 28.7 Å². The highest BCUT2D eigenvalue weighted by molar-refractivity contribution is 5.83. The molecule has 0 saturated carbocycles. The minimum Gasteiger partial charge on any atom is -0.493 e. The van der Waals surface area contributed by atoms with Crippen molar-refractivity contribution in [2.75, 3.05) is 35.5 Å². The average Bonchev–Trinajstić information content (AvgIpc) is 2.67. The normalized spacial score (nSPS) is 13.0. The molecule has 2 aromatic rings. The molecule has 1 aliphatic carbocycles. The molecule has 0 aliphatic heterocycles. The van der Waals surface area contributed by atoms with E-state index in [1.54, 1.807) is 35.5 Å². The summed E-state index contributed by atoms with van der Waals surface area (Å²) in [6.07, 6.45) is 4.14. The highest BCUT2D eigenvalue weighted by Crippen LogP contribution is 2.50. The first-order valence-corrected chi connectivity index (χ1v) is 8.75. The Bertz CT molecular complexity index is 798. The summed E-state index contributed by atoms with van der Waals surface area (Å²) in [6.45, 7) is 0. The molecule has 0 saturated heterocycles. The van der Waals surface area contributed by atoms with E-state index < -0.39 is 0 Å². The molecule has 140 valence electrons. The van der Waals surface area contributed by atoms with Gasteiger partial charge in [0.05, 0.1) is 35.5 Å². The summed E-state index contributed by atoms with van der Waals surface area (Å²) in [7, 11) is 8.26. The van der Waals surface area contributed by atoms with Crippen LogP contribution in [0, 0.1) is 0 Å². The maximum absolute atomic E-state index is 5.78. The van der Waals surface area contributed by atoms with Crippen LogP contribution >= 0.6 is 0 Å². The van der Waals surface area contributed by atoms with Gasteiger partial charge in [0.1, 0.15) is 0 Å². The average molecular weight is 358 g/mol. The van der Waals surface area contributed by atoms with Crippen molar-refractivity contribution in [2.24, 2.45) is 0 Å². The van der Waals surface area contributed by atoms with Crippen molar-refractivity contribution in [1.29, 1.82) is 0 Å². The first-order valence-electron chi connectivity index (χ1n) is 8.75. The fourth-order valence-corrected chi connectivity index (χ4v) is 3.69. The molecular weight excluding hydrogens is 332 g/mol. The summed E-state index contributed by atoms with van der Waals surface area (Å²) >= 11 is 0. The molecule has 0 amide bonds. The van der Waals surface area contributed by atoms with E-state index in [1.807, 2.05) is 6.07 Å². The lowest BCUT2D eigenvalue weighted by Crippen LogP contribution is -2.06. The maximum Gasteiger partial charge on any atom is 0.203 e. The molecular formula is C21H26O5. The summed E-state index contributed by atoms with van der Waals surface area (Å²) in [5.41, 5.74) is 4.54. The smallest absolute Gasteiger partial charge is 0.203 e. The minimum absolute atomic E-state index is 0.607. The van der Waals surface area contributed by atoms with Crippen LogP contribution in [0.15, 0.2) is 18.2 Å². The summed E-state index contributed by atoms with van der Waals surface area (Å²) in [5.74, 6) is 3.43.